The molecule has 106 valence electrons. The number of halogens is 1. The monoisotopic (exact) mass is 287 g/mol. The third-order valence-corrected chi connectivity index (χ3v) is 4.59. The molecule has 0 bridgehead atoms. The van der Waals surface area contributed by atoms with Gasteiger partial charge in [0.25, 0.3) is 0 Å². The van der Waals surface area contributed by atoms with Crippen LogP contribution in [-0.2, 0) is 10.0 Å². The van der Waals surface area contributed by atoms with E-state index in [2.05, 4.69) is 15.0 Å². The third kappa shape index (κ3) is 4.43. The number of sulfonamides is 1. The van der Waals surface area contributed by atoms with Gasteiger partial charge in [0.2, 0.25) is 10.0 Å². The standard InChI is InChI=1S/C12H18FN3O2S/c13-11-5-2-6-14-12(11)15-7-8-19(17,18)16-9-10-3-1-4-10/h2,5-6,10,16H,1,3-4,7-9H2,(H,14,15). The van der Waals surface area contributed by atoms with Crippen LogP contribution < -0.4 is 10.0 Å². The highest BCUT2D eigenvalue weighted by Gasteiger charge is 2.20. The van der Waals surface area contributed by atoms with Crippen molar-refractivity contribution < 1.29 is 12.8 Å². The predicted octanol–water partition coefficient (Wildman–Crippen LogP) is 1.35. The normalized spacial score (nSPS) is 16.1. The van der Waals surface area contributed by atoms with E-state index in [9.17, 15) is 12.8 Å². The Morgan fingerprint density at radius 3 is 2.84 bits per heavy atom. The van der Waals surface area contributed by atoms with Crippen molar-refractivity contribution in [2.24, 2.45) is 5.92 Å². The van der Waals surface area contributed by atoms with E-state index in [1.807, 2.05) is 0 Å². The topological polar surface area (TPSA) is 71.1 Å². The van der Waals surface area contributed by atoms with Gasteiger partial charge in [-0.05, 0) is 30.9 Å². The lowest BCUT2D eigenvalue weighted by Gasteiger charge is -2.25. The first kappa shape index (κ1) is 14.2. The minimum Gasteiger partial charge on any atom is -0.367 e. The van der Waals surface area contributed by atoms with Gasteiger partial charge in [0, 0.05) is 19.3 Å². The van der Waals surface area contributed by atoms with E-state index in [1.165, 1.54) is 24.8 Å². The zero-order chi connectivity index (χ0) is 13.7. The number of nitrogens with one attached hydrogen (secondary N) is 2. The van der Waals surface area contributed by atoms with Crippen molar-refractivity contribution in [2.75, 3.05) is 24.2 Å². The molecule has 2 N–H and O–H groups in total. The molecule has 1 aromatic rings. The fourth-order valence-corrected chi connectivity index (χ4v) is 2.84. The highest BCUT2D eigenvalue weighted by Crippen LogP contribution is 2.25. The molecule has 7 heteroatoms. The van der Waals surface area contributed by atoms with E-state index in [0.717, 1.165) is 12.8 Å². The molecule has 1 aliphatic carbocycles. The molecule has 2 rings (SSSR count). The molecule has 1 aliphatic rings. The van der Waals surface area contributed by atoms with E-state index < -0.39 is 15.8 Å². The Kier molecular flexibility index (Phi) is 4.71. The molecule has 0 amide bonds. The van der Waals surface area contributed by atoms with Crippen LogP contribution in [0.4, 0.5) is 10.2 Å². The summed E-state index contributed by atoms with van der Waals surface area (Å²) >= 11 is 0. The number of hydrogen-bond acceptors (Lipinski definition) is 4. The van der Waals surface area contributed by atoms with Gasteiger partial charge in [-0.1, -0.05) is 6.42 Å². The van der Waals surface area contributed by atoms with Gasteiger partial charge in [0.05, 0.1) is 5.75 Å². The maximum Gasteiger partial charge on any atom is 0.213 e. The van der Waals surface area contributed by atoms with E-state index in [0.29, 0.717) is 12.5 Å². The summed E-state index contributed by atoms with van der Waals surface area (Å²) in [5.74, 6) is -0.00887. The largest absolute Gasteiger partial charge is 0.367 e. The third-order valence-electron chi connectivity index (χ3n) is 3.24. The molecular formula is C12H18FN3O2S. The second-order valence-corrected chi connectivity index (χ2v) is 6.65. The van der Waals surface area contributed by atoms with E-state index in [-0.39, 0.29) is 18.1 Å². The number of aromatic nitrogens is 1. The number of anilines is 1. The number of hydrogen-bond donors (Lipinski definition) is 2. The second kappa shape index (κ2) is 6.29. The van der Waals surface area contributed by atoms with Crippen LogP contribution >= 0.6 is 0 Å². The average Bonchev–Trinajstić information content (AvgIpc) is 2.29. The fraction of sp³-hybridized carbons (Fsp3) is 0.583. The molecule has 0 unspecified atom stereocenters. The summed E-state index contributed by atoms with van der Waals surface area (Å²) in [5, 5.41) is 2.68. The molecule has 0 aromatic carbocycles. The lowest BCUT2D eigenvalue weighted by atomic mass is 9.86. The Morgan fingerprint density at radius 2 is 2.21 bits per heavy atom. The van der Waals surface area contributed by atoms with Crippen molar-refractivity contribution in [3.05, 3.63) is 24.1 Å². The van der Waals surface area contributed by atoms with Gasteiger partial charge in [0.1, 0.15) is 0 Å². The van der Waals surface area contributed by atoms with Crippen LogP contribution in [0.15, 0.2) is 18.3 Å². The van der Waals surface area contributed by atoms with Gasteiger partial charge in [-0.25, -0.2) is 22.5 Å². The number of nitrogens with zero attached hydrogens (tertiary/aromatic N) is 1. The van der Waals surface area contributed by atoms with Crippen LogP contribution in [0.25, 0.3) is 0 Å². The summed E-state index contributed by atoms with van der Waals surface area (Å²) in [6.45, 7) is 0.647. The van der Waals surface area contributed by atoms with Crippen molar-refractivity contribution in [3.63, 3.8) is 0 Å². The van der Waals surface area contributed by atoms with Crippen LogP contribution in [0, 0.1) is 11.7 Å². The fourth-order valence-electron chi connectivity index (χ4n) is 1.83. The summed E-state index contributed by atoms with van der Waals surface area (Å²) in [6, 6.07) is 2.76. The first-order valence-electron chi connectivity index (χ1n) is 6.38. The zero-order valence-corrected chi connectivity index (χ0v) is 11.4. The van der Waals surface area contributed by atoms with Crippen LogP contribution in [0.5, 0.6) is 0 Å². The molecule has 1 aromatic heterocycles. The van der Waals surface area contributed by atoms with Gasteiger partial charge >= 0.3 is 0 Å². The number of pyridine rings is 1. The molecule has 1 fully saturated rings. The van der Waals surface area contributed by atoms with E-state index in [4.69, 9.17) is 0 Å². The van der Waals surface area contributed by atoms with Gasteiger partial charge in [0.15, 0.2) is 11.6 Å². The lowest BCUT2D eigenvalue weighted by molar-refractivity contribution is 0.316. The van der Waals surface area contributed by atoms with E-state index >= 15 is 0 Å². The molecule has 0 radical (unpaired) electrons. The molecule has 0 saturated heterocycles. The van der Waals surface area contributed by atoms with Crippen molar-refractivity contribution in [2.45, 2.75) is 19.3 Å². The molecule has 5 nitrogen and oxygen atoms in total. The summed E-state index contributed by atoms with van der Waals surface area (Å²) in [7, 11) is -3.30. The summed E-state index contributed by atoms with van der Waals surface area (Å²) < 4.78 is 39.2. The number of rotatable bonds is 7. The van der Waals surface area contributed by atoms with E-state index in [1.54, 1.807) is 0 Å². The molecule has 0 spiro atoms. The Bertz CT molecular complexity index is 517. The molecule has 1 saturated carbocycles. The van der Waals surface area contributed by atoms with Gasteiger partial charge in [-0.3, -0.25) is 0 Å². The zero-order valence-electron chi connectivity index (χ0n) is 10.6. The van der Waals surface area contributed by atoms with Crippen LogP contribution in [-0.4, -0.2) is 32.2 Å². The highest BCUT2D eigenvalue weighted by molar-refractivity contribution is 7.89. The van der Waals surface area contributed by atoms with Crippen molar-refractivity contribution in [1.82, 2.24) is 9.71 Å². The van der Waals surface area contributed by atoms with Gasteiger partial charge < -0.3 is 5.32 Å². The minimum atomic E-state index is -3.30. The van der Waals surface area contributed by atoms with Crippen molar-refractivity contribution in [1.29, 1.82) is 0 Å². The Morgan fingerprint density at radius 1 is 1.42 bits per heavy atom. The predicted molar refractivity (Wildman–Crippen MR) is 71.8 cm³/mol. The molecular weight excluding hydrogens is 269 g/mol. The van der Waals surface area contributed by atoms with Crippen LogP contribution in [0.3, 0.4) is 0 Å². The van der Waals surface area contributed by atoms with Gasteiger partial charge in [-0.15, -0.1) is 0 Å². The lowest BCUT2D eigenvalue weighted by Crippen LogP contribution is -2.35. The maximum atomic E-state index is 13.2. The maximum absolute atomic E-state index is 13.2. The molecule has 0 atom stereocenters. The Hall–Kier alpha value is -1.21. The van der Waals surface area contributed by atoms with Crippen LogP contribution in [0.2, 0.25) is 0 Å². The van der Waals surface area contributed by atoms with Crippen LogP contribution in [0.1, 0.15) is 19.3 Å². The average molecular weight is 287 g/mol. The Labute approximate surface area is 112 Å². The van der Waals surface area contributed by atoms with Crippen molar-refractivity contribution in [3.8, 4) is 0 Å². The summed E-state index contributed by atoms with van der Waals surface area (Å²) in [5.41, 5.74) is 0. The first-order chi connectivity index (χ1) is 9.07. The smallest absolute Gasteiger partial charge is 0.213 e. The quantitative estimate of drug-likeness (QED) is 0.794. The SMILES string of the molecule is O=S(=O)(CCNc1ncccc1F)NCC1CCC1. The molecule has 19 heavy (non-hydrogen) atoms. The minimum absolute atomic E-state index is 0.0803. The first-order valence-corrected chi connectivity index (χ1v) is 8.04. The molecule has 0 aliphatic heterocycles. The van der Waals surface area contributed by atoms with Crippen molar-refractivity contribution >= 4 is 15.8 Å². The molecule has 1 heterocycles. The second-order valence-electron chi connectivity index (χ2n) is 4.72. The summed E-state index contributed by atoms with van der Waals surface area (Å²) in [4.78, 5) is 3.79. The van der Waals surface area contributed by atoms with Gasteiger partial charge in [-0.2, -0.15) is 0 Å². The highest BCUT2D eigenvalue weighted by atomic mass is 32.2. The Balaban J connectivity index is 1.73. The summed E-state index contributed by atoms with van der Waals surface area (Å²) in [6.07, 6.45) is 4.83.